The molecule has 0 saturated carbocycles. The molecule has 0 N–H and O–H groups in total. The summed E-state index contributed by atoms with van der Waals surface area (Å²) in [5.41, 5.74) is 0.267. The second-order valence-corrected chi connectivity index (χ2v) is 4.88. The maximum Gasteiger partial charge on any atom is 0.346 e. The van der Waals surface area contributed by atoms with Crippen molar-refractivity contribution in [1.29, 1.82) is 0 Å². The van der Waals surface area contributed by atoms with Crippen molar-refractivity contribution in [2.75, 3.05) is 13.7 Å². The number of aromatic nitrogens is 2. The van der Waals surface area contributed by atoms with E-state index in [1.165, 1.54) is 7.11 Å². The van der Waals surface area contributed by atoms with Gasteiger partial charge in [-0.05, 0) is 43.6 Å². The number of hydrogen-bond acceptors (Lipinski definition) is 5. The fraction of sp³-hybridized carbons (Fsp3) is 0.667. The quantitative estimate of drug-likeness (QED) is 0.748. The summed E-state index contributed by atoms with van der Waals surface area (Å²) in [7, 11) is 1.45. The Morgan fingerprint density at radius 2 is 2.05 bits per heavy atom. The molecular formula is C12H19BrN2O4. The van der Waals surface area contributed by atoms with Gasteiger partial charge in [-0.2, -0.15) is 0 Å². The van der Waals surface area contributed by atoms with Crippen molar-refractivity contribution in [3.8, 4) is 5.88 Å². The Morgan fingerprint density at radius 3 is 2.53 bits per heavy atom. The van der Waals surface area contributed by atoms with E-state index >= 15 is 0 Å². The van der Waals surface area contributed by atoms with Crippen LogP contribution in [-0.2, 0) is 9.47 Å². The van der Waals surface area contributed by atoms with Gasteiger partial charge < -0.3 is 14.2 Å². The van der Waals surface area contributed by atoms with Crippen molar-refractivity contribution in [3.63, 3.8) is 0 Å². The summed E-state index contributed by atoms with van der Waals surface area (Å²) >= 11 is 3.34. The number of methoxy groups -OCH3 is 1. The van der Waals surface area contributed by atoms with E-state index in [0.717, 1.165) is 0 Å². The Bertz CT molecular complexity index is 445. The lowest BCUT2D eigenvalue weighted by molar-refractivity contribution is -0.0337. The minimum atomic E-state index is -0.478. The molecule has 0 radical (unpaired) electrons. The van der Waals surface area contributed by atoms with Crippen molar-refractivity contribution in [2.24, 2.45) is 0 Å². The smallest absolute Gasteiger partial charge is 0.346 e. The lowest BCUT2D eigenvalue weighted by Gasteiger charge is -2.17. The molecule has 0 aliphatic heterocycles. The van der Waals surface area contributed by atoms with Crippen molar-refractivity contribution in [3.05, 3.63) is 10.2 Å². The molecule has 0 bridgehead atoms. The Kier molecular flexibility index (Phi) is 5.81. The van der Waals surface area contributed by atoms with Gasteiger partial charge in [-0.25, -0.2) is 9.48 Å². The molecule has 0 saturated heterocycles. The van der Waals surface area contributed by atoms with E-state index < -0.39 is 5.97 Å². The van der Waals surface area contributed by atoms with Crippen LogP contribution in [0.4, 0.5) is 0 Å². The second-order valence-electron chi connectivity index (χ2n) is 4.12. The van der Waals surface area contributed by atoms with E-state index in [4.69, 9.17) is 14.2 Å². The molecule has 108 valence electrons. The van der Waals surface area contributed by atoms with Crippen molar-refractivity contribution in [1.82, 2.24) is 9.78 Å². The molecule has 1 unspecified atom stereocenters. The van der Waals surface area contributed by atoms with Crippen LogP contribution < -0.4 is 4.74 Å². The molecule has 1 aromatic rings. The number of rotatable bonds is 6. The molecule has 1 rings (SSSR count). The van der Waals surface area contributed by atoms with Crippen LogP contribution in [0.5, 0.6) is 5.88 Å². The molecule has 6 nitrogen and oxygen atoms in total. The molecular weight excluding hydrogens is 316 g/mol. The Hall–Kier alpha value is -1.08. The van der Waals surface area contributed by atoms with E-state index in [9.17, 15) is 4.79 Å². The van der Waals surface area contributed by atoms with E-state index in [0.29, 0.717) is 4.60 Å². The summed E-state index contributed by atoms with van der Waals surface area (Å²) in [5, 5.41) is 4.21. The fourth-order valence-electron chi connectivity index (χ4n) is 1.60. The first-order chi connectivity index (χ1) is 8.92. The average Bonchev–Trinajstić information content (AvgIpc) is 2.65. The van der Waals surface area contributed by atoms with Crippen LogP contribution in [-0.4, -0.2) is 35.6 Å². The van der Waals surface area contributed by atoms with Gasteiger partial charge in [0.15, 0.2) is 5.56 Å². The maximum absolute atomic E-state index is 11.9. The fourth-order valence-corrected chi connectivity index (χ4v) is 2.30. The number of halogens is 1. The van der Waals surface area contributed by atoms with Gasteiger partial charge in [0.25, 0.3) is 0 Å². The zero-order valence-electron chi connectivity index (χ0n) is 11.8. The molecule has 19 heavy (non-hydrogen) atoms. The standard InChI is InChI=1S/C12H19BrN2O4/c1-6-18-12(16)9-10(13)15(14-11(9)17-5)8(4)19-7(2)3/h7-8H,6H2,1-5H3. The number of nitrogens with zero attached hydrogens (tertiary/aromatic N) is 2. The van der Waals surface area contributed by atoms with Crippen LogP contribution in [0.3, 0.4) is 0 Å². The predicted molar refractivity (Wildman–Crippen MR) is 73.4 cm³/mol. The van der Waals surface area contributed by atoms with E-state index in [-0.39, 0.29) is 30.4 Å². The number of ether oxygens (including phenoxy) is 3. The number of carbonyl (C=O) groups is 1. The van der Waals surface area contributed by atoms with Gasteiger partial charge in [0.2, 0.25) is 5.88 Å². The molecule has 1 heterocycles. The summed E-state index contributed by atoms with van der Waals surface area (Å²) in [6, 6.07) is 0. The van der Waals surface area contributed by atoms with Crippen LogP contribution in [0.25, 0.3) is 0 Å². The minimum absolute atomic E-state index is 0.0446. The van der Waals surface area contributed by atoms with Crippen LogP contribution in [0.15, 0.2) is 4.60 Å². The molecule has 1 aromatic heterocycles. The summed E-state index contributed by atoms with van der Waals surface area (Å²) < 4.78 is 17.8. The van der Waals surface area contributed by atoms with Gasteiger partial charge in [0.05, 0.1) is 19.8 Å². The van der Waals surface area contributed by atoms with Crippen LogP contribution in [0.1, 0.15) is 44.3 Å². The minimum Gasteiger partial charge on any atom is -0.479 e. The first kappa shape index (κ1) is 16.0. The third-order valence-electron chi connectivity index (χ3n) is 2.31. The first-order valence-corrected chi connectivity index (χ1v) is 6.86. The predicted octanol–water partition coefficient (Wildman–Crippen LogP) is 2.77. The van der Waals surface area contributed by atoms with Crippen molar-refractivity contribution in [2.45, 2.75) is 40.0 Å². The highest BCUT2D eigenvalue weighted by molar-refractivity contribution is 9.10. The summed E-state index contributed by atoms with van der Waals surface area (Å²) in [4.78, 5) is 11.9. The summed E-state index contributed by atoms with van der Waals surface area (Å²) in [6.45, 7) is 7.73. The lowest BCUT2D eigenvalue weighted by Crippen LogP contribution is -2.16. The van der Waals surface area contributed by atoms with Gasteiger partial charge in [-0.15, -0.1) is 5.10 Å². The molecule has 0 amide bonds. The molecule has 0 fully saturated rings. The molecule has 1 atom stereocenters. The molecule has 0 aromatic carbocycles. The van der Waals surface area contributed by atoms with Gasteiger partial charge in [0, 0.05) is 0 Å². The normalized spacial score (nSPS) is 12.6. The highest BCUT2D eigenvalue weighted by Gasteiger charge is 2.26. The highest BCUT2D eigenvalue weighted by atomic mass is 79.9. The van der Waals surface area contributed by atoms with E-state index in [2.05, 4.69) is 21.0 Å². The van der Waals surface area contributed by atoms with Crippen LogP contribution in [0, 0.1) is 0 Å². The molecule has 0 spiro atoms. The topological polar surface area (TPSA) is 62.6 Å². The second kappa shape index (κ2) is 6.91. The summed E-state index contributed by atoms with van der Waals surface area (Å²) in [5.74, 6) is -0.265. The van der Waals surface area contributed by atoms with Gasteiger partial charge in [-0.1, -0.05) is 0 Å². The highest BCUT2D eigenvalue weighted by Crippen LogP contribution is 2.30. The maximum atomic E-state index is 11.9. The third-order valence-corrected chi connectivity index (χ3v) is 3.07. The zero-order chi connectivity index (χ0) is 14.6. The monoisotopic (exact) mass is 334 g/mol. The van der Waals surface area contributed by atoms with Gasteiger partial charge in [-0.3, -0.25) is 0 Å². The summed E-state index contributed by atoms with van der Waals surface area (Å²) in [6.07, 6.45) is -0.283. The molecule has 0 aliphatic rings. The molecule has 7 heteroatoms. The molecule has 0 aliphatic carbocycles. The van der Waals surface area contributed by atoms with Crippen LogP contribution >= 0.6 is 15.9 Å². The Labute approximate surface area is 121 Å². The third kappa shape index (κ3) is 3.70. The average molecular weight is 335 g/mol. The number of hydrogen-bond donors (Lipinski definition) is 0. The Balaban J connectivity index is 3.12. The van der Waals surface area contributed by atoms with Gasteiger partial charge >= 0.3 is 5.97 Å². The Morgan fingerprint density at radius 1 is 1.42 bits per heavy atom. The zero-order valence-corrected chi connectivity index (χ0v) is 13.4. The number of carbonyl (C=O) groups excluding carboxylic acids is 1. The van der Waals surface area contributed by atoms with Crippen molar-refractivity contribution >= 4 is 21.9 Å². The van der Waals surface area contributed by atoms with Gasteiger partial charge in [0.1, 0.15) is 10.8 Å². The number of esters is 1. The SMILES string of the molecule is CCOC(=O)c1c(OC)nn(C(C)OC(C)C)c1Br. The first-order valence-electron chi connectivity index (χ1n) is 6.06. The lowest BCUT2D eigenvalue weighted by atomic mass is 10.3. The van der Waals surface area contributed by atoms with Crippen LogP contribution in [0.2, 0.25) is 0 Å². The van der Waals surface area contributed by atoms with Crippen molar-refractivity contribution < 1.29 is 19.0 Å². The van der Waals surface area contributed by atoms with E-state index in [1.807, 2.05) is 20.8 Å². The van der Waals surface area contributed by atoms with E-state index in [1.54, 1.807) is 11.6 Å². The largest absolute Gasteiger partial charge is 0.479 e.